The first-order valence-corrected chi connectivity index (χ1v) is 10.2. The number of carbonyl (C=O) groups is 1. The van der Waals surface area contributed by atoms with Crippen molar-refractivity contribution in [3.63, 3.8) is 0 Å². The summed E-state index contributed by atoms with van der Waals surface area (Å²) in [5.41, 5.74) is 3.85. The highest BCUT2D eigenvalue weighted by Gasteiger charge is 2.13. The van der Waals surface area contributed by atoms with Crippen LogP contribution in [0.1, 0.15) is 11.1 Å². The molecule has 0 aliphatic rings. The van der Waals surface area contributed by atoms with Crippen LogP contribution in [0.25, 0.3) is 16.7 Å². The normalized spacial score (nSPS) is 10.9. The number of para-hydroxylation sites is 2. The van der Waals surface area contributed by atoms with E-state index in [4.69, 9.17) is 0 Å². The maximum Gasteiger partial charge on any atom is 0.261 e. The van der Waals surface area contributed by atoms with Gasteiger partial charge in [-0.1, -0.05) is 42.0 Å². The Kier molecular flexibility index (Phi) is 5.44. The van der Waals surface area contributed by atoms with Crippen LogP contribution in [0.2, 0.25) is 0 Å². The summed E-state index contributed by atoms with van der Waals surface area (Å²) in [5.74, 6) is 1.00. The van der Waals surface area contributed by atoms with Gasteiger partial charge in [0.25, 0.3) is 5.56 Å². The van der Waals surface area contributed by atoms with Gasteiger partial charge in [-0.15, -0.1) is 11.8 Å². The number of nitrogens with one attached hydrogen (secondary N) is 2. The van der Waals surface area contributed by atoms with Gasteiger partial charge in [0.05, 0.1) is 29.7 Å². The number of fused-ring (bicyclic) bond motifs is 1. The lowest BCUT2D eigenvalue weighted by molar-refractivity contribution is -0.113. The maximum absolute atomic E-state index is 12.5. The number of aromatic nitrogens is 4. The number of amides is 1. The molecule has 7 nitrogen and oxygen atoms in total. The standard InChI is InChI=1S/C21H19N5O2S/c1-14-5-4-6-15(9-14)11-29-12-19(27)25-17-7-2-3-8-18(17)26-20-16(10-24-26)21(28)23-13-22-20/h2-10,13H,11-12H2,1H3,(H,25,27)(H,22,23,28). The number of rotatable bonds is 6. The van der Waals surface area contributed by atoms with Crippen molar-refractivity contribution < 1.29 is 4.79 Å². The van der Waals surface area contributed by atoms with E-state index >= 15 is 0 Å². The molecule has 4 rings (SSSR count). The van der Waals surface area contributed by atoms with Crippen LogP contribution in [0.15, 0.2) is 65.8 Å². The number of aryl methyl sites for hydroxylation is 1. The summed E-state index contributed by atoms with van der Waals surface area (Å²) in [6.07, 6.45) is 2.81. The van der Waals surface area contributed by atoms with Crippen molar-refractivity contribution in [2.45, 2.75) is 12.7 Å². The minimum absolute atomic E-state index is 0.0997. The number of benzene rings is 2. The number of H-pyrrole nitrogens is 1. The van der Waals surface area contributed by atoms with Crippen LogP contribution in [-0.2, 0) is 10.5 Å². The summed E-state index contributed by atoms with van der Waals surface area (Å²) in [6.45, 7) is 2.06. The number of aromatic amines is 1. The summed E-state index contributed by atoms with van der Waals surface area (Å²) in [6, 6.07) is 15.6. The zero-order chi connectivity index (χ0) is 20.2. The van der Waals surface area contributed by atoms with Gasteiger partial charge in [0.2, 0.25) is 5.91 Å². The number of carbonyl (C=O) groups excluding carboxylic acids is 1. The molecule has 8 heteroatoms. The summed E-state index contributed by atoms with van der Waals surface area (Å²) < 4.78 is 1.56. The molecule has 2 aromatic heterocycles. The van der Waals surface area contributed by atoms with E-state index in [-0.39, 0.29) is 11.5 Å². The first kappa shape index (κ1) is 18.9. The van der Waals surface area contributed by atoms with Crippen molar-refractivity contribution in [1.29, 1.82) is 0 Å². The van der Waals surface area contributed by atoms with Gasteiger partial charge in [0, 0.05) is 5.75 Å². The fraction of sp³-hybridized carbons (Fsp3) is 0.143. The van der Waals surface area contributed by atoms with Gasteiger partial charge in [-0.2, -0.15) is 5.10 Å². The van der Waals surface area contributed by atoms with Gasteiger partial charge in [-0.3, -0.25) is 9.59 Å². The third kappa shape index (κ3) is 4.22. The number of anilines is 1. The van der Waals surface area contributed by atoms with Gasteiger partial charge >= 0.3 is 0 Å². The summed E-state index contributed by atoms with van der Waals surface area (Å²) in [5, 5.41) is 7.61. The Balaban J connectivity index is 1.49. The highest BCUT2D eigenvalue weighted by atomic mass is 32.2. The molecule has 0 bridgehead atoms. The molecule has 0 saturated heterocycles. The number of nitrogens with zero attached hydrogens (tertiary/aromatic N) is 3. The summed E-state index contributed by atoms with van der Waals surface area (Å²) >= 11 is 1.56. The lowest BCUT2D eigenvalue weighted by Crippen LogP contribution is -2.16. The predicted octanol–water partition coefficient (Wildman–Crippen LogP) is 3.29. The fourth-order valence-electron chi connectivity index (χ4n) is 3.05. The van der Waals surface area contributed by atoms with Crippen molar-refractivity contribution in [3.05, 3.63) is 82.5 Å². The molecule has 0 aliphatic carbocycles. The smallest absolute Gasteiger partial charge is 0.261 e. The zero-order valence-electron chi connectivity index (χ0n) is 15.8. The van der Waals surface area contributed by atoms with Crippen molar-refractivity contribution in [2.75, 3.05) is 11.1 Å². The molecule has 0 saturated carbocycles. The molecule has 0 unspecified atom stereocenters. The summed E-state index contributed by atoms with van der Waals surface area (Å²) in [7, 11) is 0. The first-order chi connectivity index (χ1) is 14.1. The molecule has 2 aromatic carbocycles. The Morgan fingerprint density at radius 3 is 2.93 bits per heavy atom. The van der Waals surface area contributed by atoms with Crippen LogP contribution in [0, 0.1) is 6.92 Å². The van der Waals surface area contributed by atoms with E-state index in [9.17, 15) is 9.59 Å². The van der Waals surface area contributed by atoms with Crippen LogP contribution in [0.3, 0.4) is 0 Å². The van der Waals surface area contributed by atoms with Crippen LogP contribution < -0.4 is 10.9 Å². The van der Waals surface area contributed by atoms with Gasteiger partial charge in [0.1, 0.15) is 5.39 Å². The quantitative estimate of drug-likeness (QED) is 0.514. The summed E-state index contributed by atoms with van der Waals surface area (Å²) in [4.78, 5) is 31.1. The van der Waals surface area contributed by atoms with Crippen molar-refractivity contribution in [3.8, 4) is 5.69 Å². The van der Waals surface area contributed by atoms with Crippen molar-refractivity contribution in [2.24, 2.45) is 0 Å². The third-order valence-electron chi connectivity index (χ3n) is 4.36. The van der Waals surface area contributed by atoms with Gasteiger partial charge < -0.3 is 10.3 Å². The largest absolute Gasteiger partial charge is 0.323 e. The second-order valence-corrected chi connectivity index (χ2v) is 7.56. The SMILES string of the molecule is Cc1cccc(CSCC(=O)Nc2ccccc2-n2ncc3c(=O)[nH]cnc32)c1. The topological polar surface area (TPSA) is 92.7 Å². The minimum atomic E-state index is -0.254. The zero-order valence-corrected chi connectivity index (χ0v) is 16.6. The molecular weight excluding hydrogens is 386 g/mol. The molecule has 29 heavy (non-hydrogen) atoms. The Morgan fingerprint density at radius 2 is 2.07 bits per heavy atom. The maximum atomic E-state index is 12.5. The molecule has 0 fully saturated rings. The molecule has 0 radical (unpaired) electrons. The molecule has 2 heterocycles. The van der Waals surface area contributed by atoms with E-state index in [0.717, 1.165) is 5.75 Å². The molecule has 0 atom stereocenters. The Bertz CT molecular complexity index is 1230. The molecule has 2 N–H and O–H groups in total. The van der Waals surface area contributed by atoms with Crippen LogP contribution in [-0.4, -0.2) is 31.4 Å². The average Bonchev–Trinajstić information content (AvgIpc) is 3.14. The second-order valence-electron chi connectivity index (χ2n) is 6.57. The van der Waals surface area contributed by atoms with E-state index in [0.29, 0.717) is 28.2 Å². The number of thioether (sulfide) groups is 1. The van der Waals surface area contributed by atoms with E-state index in [1.807, 2.05) is 24.3 Å². The Hall–Kier alpha value is -3.39. The van der Waals surface area contributed by atoms with E-state index < -0.39 is 0 Å². The average molecular weight is 405 g/mol. The monoisotopic (exact) mass is 405 g/mol. The molecular formula is C21H19N5O2S. The van der Waals surface area contributed by atoms with E-state index in [2.05, 4.69) is 45.5 Å². The third-order valence-corrected chi connectivity index (χ3v) is 5.37. The van der Waals surface area contributed by atoms with Gasteiger partial charge in [-0.05, 0) is 24.6 Å². The second kappa shape index (κ2) is 8.32. The van der Waals surface area contributed by atoms with Crippen LogP contribution >= 0.6 is 11.8 Å². The van der Waals surface area contributed by atoms with Gasteiger partial charge in [0.15, 0.2) is 5.65 Å². The first-order valence-electron chi connectivity index (χ1n) is 9.06. The Labute approximate surface area is 171 Å². The highest BCUT2D eigenvalue weighted by molar-refractivity contribution is 7.99. The number of hydrogen-bond acceptors (Lipinski definition) is 5. The van der Waals surface area contributed by atoms with E-state index in [1.54, 1.807) is 22.5 Å². The molecule has 1 amide bonds. The van der Waals surface area contributed by atoms with Crippen molar-refractivity contribution in [1.82, 2.24) is 19.7 Å². The van der Waals surface area contributed by atoms with Crippen LogP contribution in [0.5, 0.6) is 0 Å². The highest BCUT2D eigenvalue weighted by Crippen LogP contribution is 2.22. The lowest BCUT2D eigenvalue weighted by atomic mass is 10.2. The minimum Gasteiger partial charge on any atom is -0.323 e. The fourth-order valence-corrected chi connectivity index (χ4v) is 3.82. The molecule has 0 spiro atoms. The molecule has 146 valence electrons. The predicted molar refractivity (Wildman–Crippen MR) is 115 cm³/mol. The lowest BCUT2D eigenvalue weighted by Gasteiger charge is -2.11. The van der Waals surface area contributed by atoms with E-state index in [1.165, 1.54) is 23.7 Å². The van der Waals surface area contributed by atoms with Crippen molar-refractivity contribution >= 4 is 34.4 Å². The van der Waals surface area contributed by atoms with Crippen LogP contribution in [0.4, 0.5) is 5.69 Å². The number of hydrogen-bond donors (Lipinski definition) is 2. The van der Waals surface area contributed by atoms with Gasteiger partial charge in [-0.25, -0.2) is 9.67 Å². The Morgan fingerprint density at radius 1 is 1.21 bits per heavy atom. The molecule has 4 aromatic rings. The molecule has 0 aliphatic heterocycles.